The Bertz CT molecular complexity index is 838. The zero-order chi connectivity index (χ0) is 18.5. The lowest BCUT2D eigenvalue weighted by Crippen LogP contribution is -2.24. The number of amides is 1. The van der Waals surface area contributed by atoms with Crippen molar-refractivity contribution in [3.63, 3.8) is 0 Å². The summed E-state index contributed by atoms with van der Waals surface area (Å²) in [5.41, 5.74) is 2.76. The molecule has 0 bridgehead atoms. The van der Waals surface area contributed by atoms with Crippen LogP contribution in [0.25, 0.3) is 0 Å². The lowest BCUT2D eigenvalue weighted by atomic mass is 9.96. The summed E-state index contributed by atoms with van der Waals surface area (Å²) in [6, 6.07) is 10.0. The average Bonchev–Trinajstić information content (AvgIpc) is 3.02. The fourth-order valence-electron chi connectivity index (χ4n) is 3.30. The molecule has 5 nitrogen and oxygen atoms in total. The van der Waals surface area contributed by atoms with Crippen molar-refractivity contribution in [3.8, 4) is 11.8 Å². The summed E-state index contributed by atoms with van der Waals surface area (Å²) in [5.74, 6) is 0.718. The minimum atomic E-state index is -0.0677. The van der Waals surface area contributed by atoms with Gasteiger partial charge in [0.1, 0.15) is 16.8 Å². The van der Waals surface area contributed by atoms with E-state index in [1.807, 2.05) is 36.2 Å². The van der Waals surface area contributed by atoms with Crippen LogP contribution in [0.3, 0.4) is 0 Å². The molecule has 1 aromatic carbocycles. The molecule has 2 aromatic rings. The number of methoxy groups -OCH3 is 1. The fourth-order valence-corrected chi connectivity index (χ4v) is 4.55. The molecule has 1 N–H and O–H groups in total. The summed E-state index contributed by atoms with van der Waals surface area (Å²) in [6.45, 7) is 0.569. The lowest BCUT2D eigenvalue weighted by molar-refractivity contribution is -0.116. The number of hydrogen-bond acceptors (Lipinski definition) is 5. The van der Waals surface area contributed by atoms with E-state index >= 15 is 0 Å². The first-order chi connectivity index (χ1) is 12.6. The number of aryl methyl sites for hydroxylation is 1. The predicted octanol–water partition coefficient (Wildman–Crippen LogP) is 3.97. The smallest absolute Gasteiger partial charge is 0.226 e. The zero-order valence-electron chi connectivity index (χ0n) is 15.2. The van der Waals surface area contributed by atoms with Gasteiger partial charge >= 0.3 is 0 Å². The number of nitriles is 1. The van der Waals surface area contributed by atoms with E-state index in [1.165, 1.54) is 4.88 Å². The van der Waals surface area contributed by atoms with Gasteiger partial charge in [0.2, 0.25) is 5.91 Å². The molecule has 136 valence electrons. The highest BCUT2D eigenvalue weighted by Crippen LogP contribution is 2.37. The number of nitrogens with zero attached hydrogens (tertiary/aromatic N) is 2. The van der Waals surface area contributed by atoms with E-state index in [0.717, 1.165) is 42.7 Å². The van der Waals surface area contributed by atoms with E-state index in [1.54, 1.807) is 18.4 Å². The van der Waals surface area contributed by atoms with Crippen LogP contribution in [0.5, 0.6) is 5.75 Å². The van der Waals surface area contributed by atoms with Gasteiger partial charge in [0.15, 0.2) is 0 Å². The van der Waals surface area contributed by atoms with Gasteiger partial charge < -0.3 is 15.0 Å². The Hall–Kier alpha value is -2.52. The Morgan fingerprint density at radius 3 is 2.88 bits per heavy atom. The first-order valence-corrected chi connectivity index (χ1v) is 9.64. The second kappa shape index (κ2) is 8.24. The summed E-state index contributed by atoms with van der Waals surface area (Å²) < 4.78 is 5.37. The van der Waals surface area contributed by atoms with Crippen LogP contribution in [0.2, 0.25) is 0 Å². The largest absolute Gasteiger partial charge is 0.495 e. The fraction of sp³-hybridized carbons (Fsp3) is 0.400. The standard InChI is InChI=1S/C20H23N3O2S/c1-23(16-8-4-5-9-17(16)25-2)12-11-19(24)22-20-15(13-21)14-7-3-6-10-18(14)26-20/h4-5,8-9H,3,6-7,10-12H2,1-2H3,(H,22,24). The van der Waals surface area contributed by atoms with Gasteiger partial charge in [0.25, 0.3) is 0 Å². The third-order valence-electron chi connectivity index (χ3n) is 4.71. The number of rotatable bonds is 6. The molecule has 0 spiro atoms. The Morgan fingerprint density at radius 1 is 1.35 bits per heavy atom. The Labute approximate surface area is 158 Å². The maximum Gasteiger partial charge on any atom is 0.226 e. The van der Waals surface area contributed by atoms with Crippen molar-refractivity contribution < 1.29 is 9.53 Å². The second-order valence-electron chi connectivity index (χ2n) is 6.42. The molecule has 3 rings (SSSR count). The molecule has 1 aliphatic carbocycles. The van der Waals surface area contributed by atoms with E-state index in [-0.39, 0.29) is 5.91 Å². The molecule has 0 unspecified atom stereocenters. The van der Waals surface area contributed by atoms with Crippen molar-refractivity contribution in [2.24, 2.45) is 0 Å². The Balaban J connectivity index is 1.63. The Morgan fingerprint density at radius 2 is 2.12 bits per heavy atom. The minimum Gasteiger partial charge on any atom is -0.495 e. The SMILES string of the molecule is COc1ccccc1N(C)CCC(=O)Nc1sc2c(c1C#N)CCCC2. The number of benzene rings is 1. The van der Waals surface area contributed by atoms with Crippen molar-refractivity contribution in [2.75, 3.05) is 30.9 Å². The number of anilines is 2. The molecule has 0 atom stereocenters. The van der Waals surface area contributed by atoms with Crippen molar-refractivity contribution in [1.29, 1.82) is 5.26 Å². The van der Waals surface area contributed by atoms with Gasteiger partial charge in [-0.1, -0.05) is 12.1 Å². The molecule has 26 heavy (non-hydrogen) atoms. The van der Waals surface area contributed by atoms with Crippen molar-refractivity contribution in [1.82, 2.24) is 0 Å². The molecule has 0 aliphatic heterocycles. The number of nitrogens with one attached hydrogen (secondary N) is 1. The van der Waals surface area contributed by atoms with Gasteiger partial charge in [-0.15, -0.1) is 11.3 Å². The molecule has 1 amide bonds. The van der Waals surface area contributed by atoms with Gasteiger partial charge in [-0.05, 0) is 43.4 Å². The Kier molecular flexibility index (Phi) is 5.79. The maximum atomic E-state index is 12.4. The lowest BCUT2D eigenvalue weighted by Gasteiger charge is -2.21. The van der Waals surface area contributed by atoms with E-state index in [2.05, 4.69) is 11.4 Å². The third-order valence-corrected chi connectivity index (χ3v) is 5.91. The molecular weight excluding hydrogens is 346 g/mol. The second-order valence-corrected chi connectivity index (χ2v) is 7.52. The molecular formula is C20H23N3O2S. The average molecular weight is 369 g/mol. The zero-order valence-corrected chi connectivity index (χ0v) is 16.0. The molecule has 1 aliphatic rings. The first kappa shape index (κ1) is 18.3. The van der Waals surface area contributed by atoms with Crippen molar-refractivity contribution in [3.05, 3.63) is 40.3 Å². The summed E-state index contributed by atoms with van der Waals surface area (Å²) >= 11 is 1.56. The molecule has 0 saturated heterocycles. The monoisotopic (exact) mass is 369 g/mol. The molecule has 0 radical (unpaired) electrons. The van der Waals surface area contributed by atoms with Gasteiger partial charge in [0.05, 0.1) is 18.4 Å². The van der Waals surface area contributed by atoms with E-state index < -0.39 is 0 Å². The highest BCUT2D eigenvalue weighted by molar-refractivity contribution is 7.16. The van der Waals surface area contributed by atoms with Crippen LogP contribution in [0.15, 0.2) is 24.3 Å². The number of hydrogen-bond donors (Lipinski definition) is 1. The predicted molar refractivity (Wildman–Crippen MR) is 105 cm³/mol. The van der Waals surface area contributed by atoms with Crippen molar-refractivity contribution in [2.45, 2.75) is 32.1 Å². The summed E-state index contributed by atoms with van der Waals surface area (Å²) in [4.78, 5) is 15.7. The van der Waals surface area contributed by atoms with Crippen LogP contribution in [-0.2, 0) is 17.6 Å². The highest BCUT2D eigenvalue weighted by Gasteiger charge is 2.21. The van der Waals surface area contributed by atoms with E-state index in [0.29, 0.717) is 23.5 Å². The quantitative estimate of drug-likeness (QED) is 0.837. The number of thiophene rings is 1. The number of fused-ring (bicyclic) bond motifs is 1. The molecule has 0 saturated carbocycles. The highest BCUT2D eigenvalue weighted by atomic mass is 32.1. The first-order valence-electron chi connectivity index (χ1n) is 8.82. The van der Waals surface area contributed by atoms with Crippen LogP contribution in [0, 0.1) is 11.3 Å². The van der Waals surface area contributed by atoms with Gasteiger partial charge in [-0.2, -0.15) is 5.26 Å². The summed E-state index contributed by atoms with van der Waals surface area (Å²) in [6.07, 6.45) is 4.59. The molecule has 6 heteroatoms. The van der Waals surface area contributed by atoms with E-state index in [4.69, 9.17) is 4.74 Å². The third kappa shape index (κ3) is 3.83. The van der Waals surface area contributed by atoms with Crippen LogP contribution >= 0.6 is 11.3 Å². The van der Waals surface area contributed by atoms with Gasteiger partial charge in [0, 0.05) is 24.9 Å². The summed E-state index contributed by atoms with van der Waals surface area (Å²) in [5, 5.41) is 13.1. The maximum absolute atomic E-state index is 12.4. The van der Waals surface area contributed by atoms with Crippen molar-refractivity contribution >= 4 is 27.9 Å². The number of para-hydroxylation sites is 2. The topological polar surface area (TPSA) is 65.4 Å². The van der Waals surface area contributed by atoms with Gasteiger partial charge in [-0.25, -0.2) is 0 Å². The normalized spacial score (nSPS) is 12.8. The van der Waals surface area contributed by atoms with Crippen LogP contribution in [0.4, 0.5) is 10.7 Å². The minimum absolute atomic E-state index is 0.0677. The van der Waals surface area contributed by atoms with Gasteiger partial charge in [-0.3, -0.25) is 4.79 Å². The molecule has 1 heterocycles. The van der Waals surface area contributed by atoms with Crippen LogP contribution < -0.4 is 15.0 Å². The molecule has 1 aromatic heterocycles. The number of carbonyl (C=O) groups excluding carboxylic acids is 1. The van der Waals surface area contributed by atoms with Crippen LogP contribution in [0.1, 0.15) is 35.3 Å². The molecule has 0 fully saturated rings. The number of carbonyl (C=O) groups is 1. The summed E-state index contributed by atoms with van der Waals surface area (Å²) in [7, 11) is 3.58. The van der Waals surface area contributed by atoms with E-state index in [9.17, 15) is 10.1 Å². The van der Waals surface area contributed by atoms with Crippen LogP contribution in [-0.4, -0.2) is 26.6 Å². The number of ether oxygens (including phenoxy) is 1.